The number of aliphatic hydroxyl groups excluding tert-OH is 1. The molecule has 2 heterocycles. The Morgan fingerprint density at radius 1 is 1.59 bits per heavy atom. The van der Waals surface area contributed by atoms with Crippen molar-refractivity contribution in [2.45, 2.75) is 13.0 Å². The molecule has 0 bridgehead atoms. The van der Waals surface area contributed by atoms with Crippen molar-refractivity contribution in [3.05, 3.63) is 21.1 Å². The average molecular weight is 258 g/mol. The Morgan fingerprint density at radius 3 is 2.76 bits per heavy atom. The highest BCUT2D eigenvalue weighted by atomic mass is 32.1. The van der Waals surface area contributed by atoms with E-state index >= 15 is 0 Å². The second-order valence-corrected chi connectivity index (χ2v) is 4.93. The third-order valence-corrected chi connectivity index (χ3v) is 3.97. The van der Waals surface area contributed by atoms with Gasteiger partial charge in [0.2, 0.25) is 0 Å². The number of rotatable bonds is 3. The maximum absolute atomic E-state index is 11.0. The highest BCUT2D eigenvalue weighted by molar-refractivity contribution is 7.16. The van der Waals surface area contributed by atoms with E-state index in [0.717, 1.165) is 0 Å². The van der Waals surface area contributed by atoms with Crippen LogP contribution >= 0.6 is 11.3 Å². The van der Waals surface area contributed by atoms with Crippen molar-refractivity contribution in [2.75, 3.05) is 31.2 Å². The second-order valence-electron chi connectivity index (χ2n) is 3.87. The summed E-state index contributed by atoms with van der Waals surface area (Å²) < 4.78 is 5.22. The highest BCUT2D eigenvalue weighted by Crippen LogP contribution is 2.40. The first-order chi connectivity index (χ1) is 8.09. The zero-order valence-electron chi connectivity index (χ0n) is 9.46. The molecule has 1 N–H and O–H groups in total. The molecule has 1 aliphatic rings. The minimum atomic E-state index is -0.673. The number of nitrogens with zero attached hydrogens (tertiary/aromatic N) is 2. The van der Waals surface area contributed by atoms with E-state index in [-0.39, 0.29) is 5.69 Å². The van der Waals surface area contributed by atoms with Crippen molar-refractivity contribution in [1.29, 1.82) is 0 Å². The topological polar surface area (TPSA) is 75.8 Å². The summed E-state index contributed by atoms with van der Waals surface area (Å²) in [7, 11) is 0. The molecule has 0 amide bonds. The molecule has 7 heteroatoms. The van der Waals surface area contributed by atoms with Crippen molar-refractivity contribution in [3.63, 3.8) is 0 Å². The SMILES string of the molecule is C[C@H](O)c1cc([N+](=O)[O-])c(N2CCOCC2)s1. The lowest BCUT2D eigenvalue weighted by Gasteiger charge is -2.26. The molecule has 0 saturated carbocycles. The maximum Gasteiger partial charge on any atom is 0.304 e. The van der Waals surface area contributed by atoms with Gasteiger partial charge in [0.1, 0.15) is 0 Å². The zero-order chi connectivity index (χ0) is 12.4. The van der Waals surface area contributed by atoms with Crippen LogP contribution in [-0.2, 0) is 4.74 Å². The highest BCUT2D eigenvalue weighted by Gasteiger charge is 2.26. The van der Waals surface area contributed by atoms with Crippen LogP contribution in [0.2, 0.25) is 0 Å². The summed E-state index contributed by atoms with van der Waals surface area (Å²) in [4.78, 5) is 13.1. The Labute approximate surface area is 103 Å². The molecule has 0 aromatic carbocycles. The summed E-state index contributed by atoms with van der Waals surface area (Å²) in [6, 6.07) is 1.46. The molecular weight excluding hydrogens is 244 g/mol. The molecule has 1 atom stereocenters. The van der Waals surface area contributed by atoms with Gasteiger partial charge in [0, 0.05) is 24.0 Å². The van der Waals surface area contributed by atoms with Gasteiger partial charge >= 0.3 is 5.69 Å². The fourth-order valence-electron chi connectivity index (χ4n) is 1.72. The van der Waals surface area contributed by atoms with Gasteiger partial charge in [-0.15, -0.1) is 11.3 Å². The number of hydrogen-bond donors (Lipinski definition) is 1. The molecule has 0 radical (unpaired) electrons. The van der Waals surface area contributed by atoms with Gasteiger partial charge in [-0.1, -0.05) is 0 Å². The normalized spacial score (nSPS) is 18.1. The molecule has 0 spiro atoms. The fourth-order valence-corrected chi connectivity index (χ4v) is 2.83. The first-order valence-corrected chi connectivity index (χ1v) is 6.20. The van der Waals surface area contributed by atoms with Crippen LogP contribution in [0.5, 0.6) is 0 Å². The first kappa shape index (κ1) is 12.3. The Balaban J connectivity index is 2.32. The Bertz CT molecular complexity index is 412. The molecule has 94 valence electrons. The minimum absolute atomic E-state index is 0.0767. The monoisotopic (exact) mass is 258 g/mol. The molecule has 1 aromatic heterocycles. The van der Waals surface area contributed by atoms with Crippen molar-refractivity contribution in [2.24, 2.45) is 0 Å². The van der Waals surface area contributed by atoms with E-state index in [0.29, 0.717) is 36.2 Å². The lowest BCUT2D eigenvalue weighted by Crippen LogP contribution is -2.35. The molecule has 1 aliphatic heterocycles. The van der Waals surface area contributed by atoms with E-state index < -0.39 is 11.0 Å². The van der Waals surface area contributed by atoms with Crippen LogP contribution in [0.25, 0.3) is 0 Å². The van der Waals surface area contributed by atoms with E-state index in [1.807, 2.05) is 4.90 Å². The number of nitro groups is 1. The molecule has 0 aliphatic carbocycles. The number of thiophene rings is 1. The summed E-state index contributed by atoms with van der Waals surface area (Å²) in [5.41, 5.74) is 0.0767. The van der Waals surface area contributed by atoms with Gasteiger partial charge in [0.15, 0.2) is 5.00 Å². The van der Waals surface area contributed by atoms with Crippen molar-refractivity contribution in [1.82, 2.24) is 0 Å². The van der Waals surface area contributed by atoms with Gasteiger partial charge in [0.25, 0.3) is 0 Å². The van der Waals surface area contributed by atoms with Crippen LogP contribution in [0.3, 0.4) is 0 Å². The number of aliphatic hydroxyl groups is 1. The van der Waals surface area contributed by atoms with Crippen LogP contribution in [-0.4, -0.2) is 36.3 Å². The number of anilines is 1. The predicted molar refractivity (Wildman–Crippen MR) is 64.6 cm³/mol. The number of hydrogen-bond acceptors (Lipinski definition) is 6. The van der Waals surface area contributed by atoms with E-state index in [1.165, 1.54) is 17.4 Å². The van der Waals surface area contributed by atoms with E-state index in [1.54, 1.807) is 6.92 Å². The van der Waals surface area contributed by atoms with Gasteiger partial charge in [-0.05, 0) is 6.92 Å². The Morgan fingerprint density at radius 2 is 2.24 bits per heavy atom. The van der Waals surface area contributed by atoms with Crippen molar-refractivity contribution < 1.29 is 14.8 Å². The Kier molecular flexibility index (Phi) is 3.60. The minimum Gasteiger partial charge on any atom is -0.388 e. The summed E-state index contributed by atoms with van der Waals surface area (Å²) in [5, 5.41) is 21.1. The molecule has 0 unspecified atom stereocenters. The van der Waals surface area contributed by atoms with Gasteiger partial charge < -0.3 is 14.7 Å². The third kappa shape index (κ3) is 2.56. The molecule has 2 rings (SSSR count). The Hall–Kier alpha value is -1.18. The van der Waals surface area contributed by atoms with Crippen molar-refractivity contribution >= 4 is 22.0 Å². The van der Waals surface area contributed by atoms with Crippen LogP contribution in [0.15, 0.2) is 6.07 Å². The zero-order valence-corrected chi connectivity index (χ0v) is 10.3. The van der Waals surface area contributed by atoms with Gasteiger partial charge in [-0.25, -0.2) is 0 Å². The summed E-state index contributed by atoms with van der Waals surface area (Å²) in [6.45, 7) is 4.08. The van der Waals surface area contributed by atoms with Gasteiger partial charge in [-0.3, -0.25) is 10.1 Å². The molecule has 6 nitrogen and oxygen atoms in total. The largest absolute Gasteiger partial charge is 0.388 e. The van der Waals surface area contributed by atoms with E-state index in [4.69, 9.17) is 4.74 Å². The summed E-state index contributed by atoms with van der Waals surface area (Å²) in [5.74, 6) is 0. The average Bonchev–Trinajstić information content (AvgIpc) is 2.75. The lowest BCUT2D eigenvalue weighted by molar-refractivity contribution is -0.383. The third-order valence-electron chi connectivity index (χ3n) is 2.62. The van der Waals surface area contributed by atoms with Gasteiger partial charge in [0.05, 0.1) is 24.2 Å². The van der Waals surface area contributed by atoms with Crippen molar-refractivity contribution in [3.8, 4) is 0 Å². The number of ether oxygens (including phenoxy) is 1. The van der Waals surface area contributed by atoms with E-state index in [9.17, 15) is 15.2 Å². The molecule has 1 aromatic rings. The maximum atomic E-state index is 11.0. The lowest BCUT2D eigenvalue weighted by atomic mass is 10.3. The number of morpholine rings is 1. The van der Waals surface area contributed by atoms with Gasteiger partial charge in [-0.2, -0.15) is 0 Å². The smallest absolute Gasteiger partial charge is 0.304 e. The first-order valence-electron chi connectivity index (χ1n) is 5.38. The van der Waals surface area contributed by atoms with Crippen LogP contribution < -0.4 is 4.90 Å². The summed E-state index contributed by atoms with van der Waals surface area (Å²) >= 11 is 1.28. The standard InChI is InChI=1S/C10H14N2O4S/c1-7(13)9-6-8(12(14)15)10(17-9)11-2-4-16-5-3-11/h6-7,13H,2-5H2,1H3/t7-/m0/s1. The predicted octanol–water partition coefficient (Wildman–Crippen LogP) is 1.55. The van der Waals surface area contributed by atoms with Crippen LogP contribution in [0, 0.1) is 10.1 Å². The molecule has 1 fully saturated rings. The molecule has 17 heavy (non-hydrogen) atoms. The second kappa shape index (κ2) is 4.99. The fraction of sp³-hybridized carbons (Fsp3) is 0.600. The van der Waals surface area contributed by atoms with Crippen LogP contribution in [0.4, 0.5) is 10.7 Å². The summed E-state index contributed by atoms with van der Waals surface area (Å²) in [6.07, 6.45) is -0.673. The molecular formula is C10H14N2O4S. The van der Waals surface area contributed by atoms with E-state index in [2.05, 4.69) is 0 Å². The van der Waals surface area contributed by atoms with Crippen LogP contribution in [0.1, 0.15) is 17.9 Å². The quantitative estimate of drug-likeness (QED) is 0.657. The molecule has 1 saturated heterocycles.